The van der Waals surface area contributed by atoms with Crippen LogP contribution in [0.15, 0.2) is 51.0 Å². The first-order valence-corrected chi connectivity index (χ1v) is 8.95. The summed E-state index contributed by atoms with van der Waals surface area (Å²) in [6.45, 7) is 3.96. The highest BCUT2D eigenvalue weighted by Gasteiger charge is 2.25. The van der Waals surface area contributed by atoms with Gasteiger partial charge in [0.1, 0.15) is 11.4 Å². The van der Waals surface area contributed by atoms with Crippen molar-refractivity contribution in [3.05, 3.63) is 52.5 Å². The maximum atomic E-state index is 12.5. The largest absolute Gasteiger partial charge is 0.463 e. The molecule has 0 spiro atoms. The number of hydrogen-bond acceptors (Lipinski definition) is 7. The number of sulfonamides is 1. The fourth-order valence-electron chi connectivity index (χ4n) is 2.16. The molecule has 1 N–H and O–H groups in total. The summed E-state index contributed by atoms with van der Waals surface area (Å²) in [5.41, 5.74) is 2.22. The summed E-state index contributed by atoms with van der Waals surface area (Å²) in [7, 11) is -3.78. The number of anilines is 1. The summed E-state index contributed by atoms with van der Waals surface area (Å²) in [6, 6.07) is 6.99. The van der Waals surface area contributed by atoms with E-state index in [2.05, 4.69) is 10.5 Å². The maximum absolute atomic E-state index is 12.5. The summed E-state index contributed by atoms with van der Waals surface area (Å²) in [6.07, 6.45) is 2.82. The molecule has 1 heterocycles. The second-order valence-electron chi connectivity index (χ2n) is 4.91. The van der Waals surface area contributed by atoms with Crippen LogP contribution < -0.4 is 5.43 Å². The summed E-state index contributed by atoms with van der Waals surface area (Å²) < 4.78 is 31.3. The number of rotatable bonds is 8. The molecule has 9 nitrogen and oxygen atoms in total. The van der Waals surface area contributed by atoms with Crippen molar-refractivity contribution < 1.29 is 17.8 Å². The first-order chi connectivity index (χ1) is 11.9. The van der Waals surface area contributed by atoms with E-state index in [0.717, 1.165) is 6.07 Å². The van der Waals surface area contributed by atoms with Gasteiger partial charge in [-0.15, -0.1) is 0 Å². The van der Waals surface area contributed by atoms with Gasteiger partial charge in [-0.3, -0.25) is 15.5 Å². The van der Waals surface area contributed by atoms with E-state index in [-0.39, 0.29) is 29.4 Å². The predicted molar refractivity (Wildman–Crippen MR) is 93.1 cm³/mol. The average Bonchev–Trinajstić information content (AvgIpc) is 3.09. The molecule has 2 aromatic rings. The van der Waals surface area contributed by atoms with Gasteiger partial charge in [0, 0.05) is 19.2 Å². The van der Waals surface area contributed by atoms with E-state index in [1.807, 2.05) is 0 Å². The molecule has 25 heavy (non-hydrogen) atoms. The van der Waals surface area contributed by atoms with Crippen LogP contribution >= 0.6 is 0 Å². The van der Waals surface area contributed by atoms with Crippen LogP contribution in [0.2, 0.25) is 0 Å². The molecule has 0 aliphatic rings. The molecule has 0 saturated carbocycles. The number of nitro groups is 1. The summed E-state index contributed by atoms with van der Waals surface area (Å²) in [5.74, 6) is 0.468. The van der Waals surface area contributed by atoms with E-state index in [4.69, 9.17) is 4.42 Å². The second-order valence-corrected chi connectivity index (χ2v) is 6.85. The molecule has 0 bridgehead atoms. The summed E-state index contributed by atoms with van der Waals surface area (Å²) in [5, 5.41) is 15.1. The Morgan fingerprint density at radius 3 is 2.60 bits per heavy atom. The Labute approximate surface area is 145 Å². The molecule has 0 fully saturated rings. The Morgan fingerprint density at radius 2 is 2.04 bits per heavy atom. The third-order valence-electron chi connectivity index (χ3n) is 3.43. The SMILES string of the molecule is CCN(CC)S(=O)(=O)c1ccc(NN=Cc2ccco2)c([N+](=O)[O-])c1. The van der Waals surface area contributed by atoms with Crippen molar-refractivity contribution in [2.75, 3.05) is 18.5 Å². The lowest BCUT2D eigenvalue weighted by Gasteiger charge is -2.18. The number of benzene rings is 1. The van der Waals surface area contributed by atoms with Crippen LogP contribution in [0.1, 0.15) is 19.6 Å². The number of nitrogens with zero attached hydrogens (tertiary/aromatic N) is 3. The molecule has 1 aromatic carbocycles. The minimum absolute atomic E-state index is 0.0753. The van der Waals surface area contributed by atoms with E-state index in [1.54, 1.807) is 26.0 Å². The molecular formula is C15H18N4O5S. The van der Waals surface area contributed by atoms with Gasteiger partial charge in [0.05, 0.1) is 22.3 Å². The average molecular weight is 366 g/mol. The smallest absolute Gasteiger partial charge is 0.295 e. The molecule has 0 atom stereocenters. The lowest BCUT2D eigenvalue weighted by atomic mass is 10.3. The third-order valence-corrected chi connectivity index (χ3v) is 5.47. The maximum Gasteiger partial charge on any atom is 0.295 e. The molecule has 0 unspecified atom stereocenters. The van der Waals surface area contributed by atoms with Gasteiger partial charge in [0.2, 0.25) is 10.0 Å². The Balaban J connectivity index is 2.33. The van der Waals surface area contributed by atoms with Gasteiger partial charge in [0.15, 0.2) is 0 Å². The van der Waals surface area contributed by atoms with E-state index < -0.39 is 14.9 Å². The molecule has 0 aliphatic carbocycles. The molecule has 0 aliphatic heterocycles. The van der Waals surface area contributed by atoms with E-state index >= 15 is 0 Å². The topological polar surface area (TPSA) is 118 Å². The summed E-state index contributed by atoms with van der Waals surface area (Å²) >= 11 is 0. The normalized spacial score (nSPS) is 12.0. The van der Waals surface area contributed by atoms with Crippen LogP contribution in [0.3, 0.4) is 0 Å². The lowest BCUT2D eigenvalue weighted by Crippen LogP contribution is -2.30. The minimum atomic E-state index is -3.78. The van der Waals surface area contributed by atoms with Crippen LogP contribution in [0.4, 0.5) is 11.4 Å². The molecule has 0 saturated heterocycles. The Hall–Kier alpha value is -2.72. The standard InChI is InChI=1S/C15H18N4O5S/c1-3-18(4-2)25(22,23)13-7-8-14(15(10-13)19(20)21)17-16-11-12-6-5-9-24-12/h5-11,17H,3-4H2,1-2H3. The Bertz CT molecular complexity index is 858. The van der Waals surface area contributed by atoms with Crippen LogP contribution in [0, 0.1) is 10.1 Å². The minimum Gasteiger partial charge on any atom is -0.463 e. The Kier molecular flexibility index (Phi) is 5.88. The van der Waals surface area contributed by atoms with Crippen molar-refractivity contribution in [3.8, 4) is 0 Å². The molecule has 0 amide bonds. The van der Waals surface area contributed by atoms with Gasteiger partial charge < -0.3 is 4.42 Å². The summed E-state index contributed by atoms with van der Waals surface area (Å²) in [4.78, 5) is 10.5. The molecule has 0 radical (unpaired) electrons. The van der Waals surface area contributed by atoms with Gasteiger partial charge >= 0.3 is 0 Å². The fourth-order valence-corrected chi connectivity index (χ4v) is 3.64. The number of nitrogens with one attached hydrogen (secondary N) is 1. The van der Waals surface area contributed by atoms with Gasteiger partial charge in [-0.25, -0.2) is 8.42 Å². The fraction of sp³-hybridized carbons (Fsp3) is 0.267. The van der Waals surface area contributed by atoms with Crippen molar-refractivity contribution >= 4 is 27.6 Å². The van der Waals surface area contributed by atoms with Crippen LogP contribution in [0.5, 0.6) is 0 Å². The zero-order chi connectivity index (χ0) is 18.4. The van der Waals surface area contributed by atoms with E-state index in [1.165, 1.54) is 28.9 Å². The zero-order valence-corrected chi connectivity index (χ0v) is 14.6. The van der Waals surface area contributed by atoms with Gasteiger partial charge in [-0.1, -0.05) is 13.8 Å². The highest BCUT2D eigenvalue weighted by molar-refractivity contribution is 7.89. The quantitative estimate of drug-likeness (QED) is 0.436. The van der Waals surface area contributed by atoms with Crippen molar-refractivity contribution in [2.24, 2.45) is 5.10 Å². The molecule has 134 valence electrons. The van der Waals surface area contributed by atoms with Crippen molar-refractivity contribution in [1.29, 1.82) is 0 Å². The van der Waals surface area contributed by atoms with Crippen molar-refractivity contribution in [3.63, 3.8) is 0 Å². The monoisotopic (exact) mass is 366 g/mol. The first-order valence-electron chi connectivity index (χ1n) is 7.51. The first kappa shape index (κ1) is 18.6. The van der Waals surface area contributed by atoms with Crippen LogP contribution in [-0.2, 0) is 10.0 Å². The van der Waals surface area contributed by atoms with Gasteiger partial charge in [-0.2, -0.15) is 9.41 Å². The van der Waals surface area contributed by atoms with Crippen LogP contribution in [0.25, 0.3) is 0 Å². The van der Waals surface area contributed by atoms with Gasteiger partial charge in [-0.05, 0) is 24.3 Å². The number of hydrazone groups is 1. The highest BCUT2D eigenvalue weighted by Crippen LogP contribution is 2.29. The Morgan fingerprint density at radius 1 is 1.32 bits per heavy atom. The molecular weight excluding hydrogens is 348 g/mol. The van der Waals surface area contributed by atoms with E-state index in [0.29, 0.717) is 5.76 Å². The van der Waals surface area contributed by atoms with Crippen LogP contribution in [-0.4, -0.2) is 37.0 Å². The van der Waals surface area contributed by atoms with Crippen molar-refractivity contribution in [2.45, 2.75) is 18.7 Å². The molecule has 2 rings (SSSR count). The van der Waals surface area contributed by atoms with Crippen molar-refractivity contribution in [1.82, 2.24) is 4.31 Å². The second kappa shape index (κ2) is 7.90. The zero-order valence-electron chi connectivity index (χ0n) is 13.7. The predicted octanol–water partition coefficient (Wildman–Crippen LogP) is 2.66. The number of hydrogen-bond donors (Lipinski definition) is 1. The van der Waals surface area contributed by atoms with E-state index in [9.17, 15) is 18.5 Å². The van der Waals surface area contributed by atoms with Gasteiger partial charge in [0.25, 0.3) is 5.69 Å². The lowest BCUT2D eigenvalue weighted by molar-refractivity contribution is -0.384. The molecule has 1 aromatic heterocycles. The third kappa shape index (κ3) is 4.22. The number of nitro benzene ring substituents is 1. The highest BCUT2D eigenvalue weighted by atomic mass is 32.2. The number of furan rings is 1. The molecule has 10 heteroatoms.